The van der Waals surface area contributed by atoms with Crippen molar-refractivity contribution in [2.75, 3.05) is 5.32 Å². The highest BCUT2D eigenvalue weighted by atomic mass is 35.5. The molecule has 0 unspecified atom stereocenters. The number of rotatable bonds is 7. The van der Waals surface area contributed by atoms with Crippen LogP contribution in [0.2, 0.25) is 5.02 Å². The molecule has 0 fully saturated rings. The van der Waals surface area contributed by atoms with Crippen LogP contribution >= 0.6 is 23.4 Å². The highest BCUT2D eigenvalue weighted by Crippen LogP contribution is 2.27. The van der Waals surface area contributed by atoms with E-state index in [9.17, 15) is 4.79 Å². The minimum Gasteiger partial charge on any atom is -0.325 e. The van der Waals surface area contributed by atoms with Crippen molar-refractivity contribution in [3.63, 3.8) is 0 Å². The predicted molar refractivity (Wildman–Crippen MR) is 109 cm³/mol. The first kappa shape index (κ1) is 19.1. The second-order valence-electron chi connectivity index (χ2n) is 5.70. The number of allylic oxidation sites excluding steroid dienone is 1. The van der Waals surface area contributed by atoms with Crippen LogP contribution in [0.25, 0.3) is 11.4 Å². The zero-order valence-corrected chi connectivity index (χ0v) is 16.2. The van der Waals surface area contributed by atoms with Crippen LogP contribution < -0.4 is 5.32 Å². The number of carbonyl (C=O) groups excluding carboxylic acids is 1. The molecule has 1 amide bonds. The lowest BCUT2D eigenvalue weighted by Crippen LogP contribution is -2.23. The lowest BCUT2D eigenvalue weighted by molar-refractivity contribution is -0.115. The number of amides is 1. The van der Waals surface area contributed by atoms with Crippen molar-refractivity contribution in [2.24, 2.45) is 0 Å². The first-order valence-electron chi connectivity index (χ1n) is 8.26. The lowest BCUT2D eigenvalue weighted by atomic mass is 10.2. The summed E-state index contributed by atoms with van der Waals surface area (Å²) >= 11 is 7.30. The number of hydrogen-bond acceptors (Lipinski definition) is 5. The molecule has 0 spiro atoms. The number of nitrogens with one attached hydrogen (secondary N) is 1. The molecule has 0 aliphatic carbocycles. The van der Waals surface area contributed by atoms with Crippen LogP contribution in [-0.4, -0.2) is 30.9 Å². The van der Waals surface area contributed by atoms with Gasteiger partial charge in [0.2, 0.25) is 5.91 Å². The van der Waals surface area contributed by atoms with Gasteiger partial charge in [-0.3, -0.25) is 14.3 Å². The molecular formula is C19H18ClN5OS. The molecule has 3 rings (SSSR count). The zero-order valence-electron chi connectivity index (χ0n) is 14.7. The SMILES string of the molecule is C=CCn1c(S[C@H](C)C(=O)Nc2cccc(Cl)c2)nnc1-c1ccncc1. The van der Waals surface area contributed by atoms with Crippen molar-refractivity contribution >= 4 is 35.0 Å². The van der Waals surface area contributed by atoms with E-state index in [0.29, 0.717) is 28.2 Å². The van der Waals surface area contributed by atoms with Gasteiger partial charge >= 0.3 is 0 Å². The molecule has 0 aliphatic rings. The molecule has 0 aliphatic heterocycles. The first-order valence-corrected chi connectivity index (χ1v) is 9.52. The third kappa shape index (κ3) is 4.75. The predicted octanol–water partition coefficient (Wildman–Crippen LogP) is 4.30. The fraction of sp³-hybridized carbons (Fsp3) is 0.158. The van der Waals surface area contributed by atoms with E-state index in [2.05, 4.69) is 27.1 Å². The normalized spacial score (nSPS) is 11.8. The summed E-state index contributed by atoms with van der Waals surface area (Å²) < 4.78 is 1.93. The van der Waals surface area contributed by atoms with Crippen LogP contribution in [0.4, 0.5) is 5.69 Å². The van der Waals surface area contributed by atoms with Crippen molar-refractivity contribution in [2.45, 2.75) is 23.9 Å². The molecular weight excluding hydrogens is 382 g/mol. The van der Waals surface area contributed by atoms with E-state index in [1.807, 2.05) is 23.6 Å². The number of nitrogens with zero attached hydrogens (tertiary/aromatic N) is 4. The Morgan fingerprint density at radius 1 is 1.33 bits per heavy atom. The maximum atomic E-state index is 12.5. The van der Waals surface area contributed by atoms with E-state index < -0.39 is 0 Å². The molecule has 1 N–H and O–H groups in total. The maximum absolute atomic E-state index is 12.5. The van der Waals surface area contributed by atoms with Crippen molar-refractivity contribution in [3.8, 4) is 11.4 Å². The molecule has 27 heavy (non-hydrogen) atoms. The second-order valence-corrected chi connectivity index (χ2v) is 7.45. The fourth-order valence-electron chi connectivity index (χ4n) is 2.41. The van der Waals surface area contributed by atoms with E-state index in [4.69, 9.17) is 11.6 Å². The van der Waals surface area contributed by atoms with E-state index in [-0.39, 0.29) is 11.2 Å². The van der Waals surface area contributed by atoms with Crippen LogP contribution in [-0.2, 0) is 11.3 Å². The van der Waals surface area contributed by atoms with Crippen LogP contribution in [0.5, 0.6) is 0 Å². The largest absolute Gasteiger partial charge is 0.325 e. The van der Waals surface area contributed by atoms with Gasteiger partial charge in [0, 0.05) is 35.2 Å². The molecule has 1 aromatic carbocycles. The summed E-state index contributed by atoms with van der Waals surface area (Å²) in [5.74, 6) is 0.572. The van der Waals surface area contributed by atoms with Crippen LogP contribution in [0.15, 0.2) is 66.6 Å². The molecule has 1 atom stereocenters. The number of halogens is 1. The van der Waals surface area contributed by atoms with Crippen LogP contribution in [0.3, 0.4) is 0 Å². The Hall–Kier alpha value is -2.64. The number of thioether (sulfide) groups is 1. The number of carbonyl (C=O) groups is 1. The van der Waals surface area contributed by atoms with Crippen molar-refractivity contribution in [1.82, 2.24) is 19.7 Å². The monoisotopic (exact) mass is 399 g/mol. The standard InChI is InChI=1S/C19H18ClN5OS/c1-3-11-25-17(14-7-9-21-10-8-14)23-24-19(25)27-13(2)18(26)22-16-6-4-5-15(20)12-16/h3-10,12-13H,1,11H2,2H3,(H,22,26)/t13-/m1/s1. The summed E-state index contributed by atoms with van der Waals surface area (Å²) in [5, 5.41) is 12.2. The van der Waals surface area contributed by atoms with Gasteiger partial charge in [0.05, 0.1) is 5.25 Å². The lowest BCUT2D eigenvalue weighted by Gasteiger charge is -2.13. The average Bonchev–Trinajstić information content (AvgIpc) is 3.05. The van der Waals surface area contributed by atoms with Crippen LogP contribution in [0.1, 0.15) is 6.92 Å². The third-order valence-electron chi connectivity index (χ3n) is 3.71. The average molecular weight is 400 g/mol. The minimum atomic E-state index is -0.373. The molecule has 8 heteroatoms. The van der Waals surface area contributed by atoms with E-state index in [0.717, 1.165) is 5.56 Å². The molecule has 3 aromatic rings. The first-order chi connectivity index (χ1) is 13.1. The minimum absolute atomic E-state index is 0.138. The summed E-state index contributed by atoms with van der Waals surface area (Å²) in [6.45, 7) is 6.16. The molecule has 6 nitrogen and oxygen atoms in total. The number of anilines is 1. The maximum Gasteiger partial charge on any atom is 0.237 e. The van der Waals surface area contributed by atoms with Gasteiger partial charge in [-0.1, -0.05) is 35.5 Å². The van der Waals surface area contributed by atoms with E-state index >= 15 is 0 Å². The molecule has 0 bridgehead atoms. The summed E-state index contributed by atoms with van der Waals surface area (Å²) in [6.07, 6.45) is 5.18. The number of benzene rings is 1. The van der Waals surface area contributed by atoms with Crippen LogP contribution in [0, 0.1) is 0 Å². The second kappa shape index (κ2) is 8.83. The van der Waals surface area contributed by atoms with Crippen molar-refractivity contribution in [1.29, 1.82) is 0 Å². The van der Waals surface area contributed by atoms with Gasteiger partial charge in [0.1, 0.15) is 0 Å². The topological polar surface area (TPSA) is 72.7 Å². The van der Waals surface area contributed by atoms with Gasteiger partial charge in [0.15, 0.2) is 11.0 Å². The van der Waals surface area contributed by atoms with Gasteiger partial charge in [-0.2, -0.15) is 0 Å². The molecule has 2 aromatic heterocycles. The van der Waals surface area contributed by atoms with E-state index in [1.54, 1.807) is 42.7 Å². The summed E-state index contributed by atoms with van der Waals surface area (Å²) in [5.41, 5.74) is 1.56. The number of pyridine rings is 1. The Kier molecular flexibility index (Phi) is 6.26. The highest BCUT2D eigenvalue weighted by Gasteiger charge is 2.20. The molecule has 0 radical (unpaired) electrons. The molecule has 0 saturated heterocycles. The summed E-state index contributed by atoms with van der Waals surface area (Å²) in [7, 11) is 0. The smallest absolute Gasteiger partial charge is 0.237 e. The Labute approximate surface area is 166 Å². The Balaban J connectivity index is 1.77. The Bertz CT molecular complexity index is 944. The fourth-order valence-corrected chi connectivity index (χ4v) is 3.45. The molecule has 0 saturated carbocycles. The number of hydrogen-bond donors (Lipinski definition) is 1. The quantitative estimate of drug-likeness (QED) is 0.473. The Morgan fingerprint density at radius 3 is 2.81 bits per heavy atom. The van der Waals surface area contributed by atoms with E-state index in [1.165, 1.54) is 11.8 Å². The van der Waals surface area contributed by atoms with Gasteiger partial charge in [-0.25, -0.2) is 0 Å². The summed E-state index contributed by atoms with van der Waals surface area (Å²) in [4.78, 5) is 16.5. The van der Waals surface area contributed by atoms with Gasteiger partial charge in [-0.15, -0.1) is 16.8 Å². The number of aromatic nitrogens is 4. The van der Waals surface area contributed by atoms with Crippen molar-refractivity contribution in [3.05, 3.63) is 66.5 Å². The van der Waals surface area contributed by atoms with Gasteiger partial charge in [-0.05, 0) is 37.3 Å². The van der Waals surface area contributed by atoms with Crippen molar-refractivity contribution < 1.29 is 4.79 Å². The molecule has 2 heterocycles. The van der Waals surface area contributed by atoms with Gasteiger partial charge in [0.25, 0.3) is 0 Å². The Morgan fingerprint density at radius 2 is 2.11 bits per heavy atom. The zero-order chi connectivity index (χ0) is 19.2. The van der Waals surface area contributed by atoms with Gasteiger partial charge < -0.3 is 5.32 Å². The third-order valence-corrected chi connectivity index (χ3v) is 5.03. The summed E-state index contributed by atoms with van der Waals surface area (Å²) in [6, 6.07) is 10.8. The molecule has 138 valence electrons. The highest BCUT2D eigenvalue weighted by molar-refractivity contribution is 8.00.